The Morgan fingerprint density at radius 1 is 0.974 bits per heavy atom. The van der Waals surface area contributed by atoms with Crippen molar-refractivity contribution in [1.82, 2.24) is 15.6 Å². The average molecular weight is 547 g/mol. The van der Waals surface area contributed by atoms with Gasteiger partial charge in [0.1, 0.15) is 12.3 Å². The van der Waals surface area contributed by atoms with Gasteiger partial charge in [-0.15, -0.1) is 0 Å². The maximum absolute atomic E-state index is 15.4. The molecule has 0 unspecified atom stereocenters. The largest absolute Gasteiger partial charge is 0.493 e. The highest BCUT2D eigenvalue weighted by Crippen LogP contribution is 2.38. The molecular formula is C27H26F4N4O4. The van der Waals surface area contributed by atoms with Crippen molar-refractivity contribution in [3.63, 3.8) is 0 Å². The van der Waals surface area contributed by atoms with E-state index in [9.17, 15) is 18.0 Å². The minimum absolute atomic E-state index is 0.0509. The minimum atomic E-state index is -4.53. The summed E-state index contributed by atoms with van der Waals surface area (Å²) < 4.78 is 69.5. The number of pyridine rings is 1. The lowest BCUT2D eigenvalue weighted by atomic mass is 10.1. The van der Waals surface area contributed by atoms with Gasteiger partial charge in [0.25, 0.3) is 0 Å². The van der Waals surface area contributed by atoms with Gasteiger partial charge in [-0.25, -0.2) is 9.18 Å². The van der Waals surface area contributed by atoms with Crippen molar-refractivity contribution in [2.45, 2.75) is 12.6 Å². The van der Waals surface area contributed by atoms with Crippen LogP contribution in [0.15, 0.2) is 54.7 Å². The highest BCUT2D eigenvalue weighted by molar-refractivity contribution is 5.94. The second-order valence-corrected chi connectivity index (χ2v) is 8.47. The van der Waals surface area contributed by atoms with Gasteiger partial charge in [-0.2, -0.15) is 13.2 Å². The molecule has 0 saturated heterocycles. The number of halogens is 4. The molecule has 0 aliphatic heterocycles. The summed E-state index contributed by atoms with van der Waals surface area (Å²) in [7, 11) is 3.38. The van der Waals surface area contributed by atoms with Crippen LogP contribution in [-0.4, -0.2) is 51.0 Å². The van der Waals surface area contributed by atoms with E-state index in [-0.39, 0.29) is 16.8 Å². The van der Waals surface area contributed by atoms with E-state index in [1.54, 1.807) is 29.6 Å². The van der Waals surface area contributed by atoms with Crippen LogP contribution in [0.5, 0.6) is 23.0 Å². The monoisotopic (exact) mass is 546 g/mol. The van der Waals surface area contributed by atoms with Crippen molar-refractivity contribution in [2.24, 2.45) is 0 Å². The number of hydrogen-bond acceptors (Lipinski definition) is 6. The number of ether oxygens (including phenoxy) is 3. The molecule has 2 amide bonds. The zero-order valence-corrected chi connectivity index (χ0v) is 21.1. The van der Waals surface area contributed by atoms with E-state index in [0.29, 0.717) is 40.1 Å². The topological polar surface area (TPSA) is 93.7 Å². The standard InChI is InChI=1S/C27H26F4N4O4/c1-32-9-3-11-38-24-14-20-19(13-23(24)37-2)21(8-10-33-20)39-22-7-4-16-12-17(5-6-18(16)25(22)28)35-26(36)34-15-27(29,30)31/h4-8,10,12-14,32H,3,9,11,15H2,1-2H3,(H2,34,35,36). The van der Waals surface area contributed by atoms with Crippen LogP contribution in [0.4, 0.5) is 28.0 Å². The number of rotatable bonds is 10. The Balaban J connectivity index is 1.56. The number of nitrogens with zero attached hydrogens (tertiary/aromatic N) is 1. The molecule has 0 saturated carbocycles. The number of carbonyl (C=O) groups excluding carboxylic acids is 1. The van der Waals surface area contributed by atoms with Gasteiger partial charge in [0.2, 0.25) is 0 Å². The fourth-order valence-electron chi connectivity index (χ4n) is 3.82. The summed E-state index contributed by atoms with van der Waals surface area (Å²) in [5, 5.41) is 8.26. The molecule has 3 aromatic carbocycles. The lowest BCUT2D eigenvalue weighted by Gasteiger charge is -2.15. The van der Waals surface area contributed by atoms with E-state index in [4.69, 9.17) is 14.2 Å². The fraction of sp³-hybridized carbons (Fsp3) is 0.259. The zero-order chi connectivity index (χ0) is 28.0. The van der Waals surface area contributed by atoms with Gasteiger partial charge in [-0.3, -0.25) is 4.98 Å². The van der Waals surface area contributed by atoms with E-state index in [2.05, 4.69) is 15.6 Å². The summed E-state index contributed by atoms with van der Waals surface area (Å²) in [6, 6.07) is 11.3. The van der Waals surface area contributed by atoms with Gasteiger partial charge in [0.15, 0.2) is 23.1 Å². The summed E-state index contributed by atoms with van der Waals surface area (Å²) in [6.45, 7) is -0.183. The van der Waals surface area contributed by atoms with E-state index < -0.39 is 24.6 Å². The number of urea groups is 1. The molecule has 206 valence electrons. The van der Waals surface area contributed by atoms with Crippen molar-refractivity contribution >= 4 is 33.4 Å². The summed E-state index contributed by atoms with van der Waals surface area (Å²) in [6.07, 6.45) is -2.19. The molecule has 0 radical (unpaired) electrons. The van der Waals surface area contributed by atoms with Crippen LogP contribution < -0.4 is 30.2 Å². The van der Waals surface area contributed by atoms with Gasteiger partial charge in [0.05, 0.1) is 19.2 Å². The number of hydrogen-bond donors (Lipinski definition) is 3. The van der Waals surface area contributed by atoms with Gasteiger partial charge in [0, 0.05) is 28.7 Å². The predicted octanol–water partition coefficient (Wildman–Crippen LogP) is 6.00. The number of methoxy groups -OCH3 is 1. The molecule has 0 aliphatic rings. The molecule has 8 nitrogen and oxygen atoms in total. The van der Waals surface area contributed by atoms with Crippen LogP contribution >= 0.6 is 0 Å². The zero-order valence-electron chi connectivity index (χ0n) is 21.1. The number of anilines is 1. The lowest BCUT2D eigenvalue weighted by Crippen LogP contribution is -2.36. The number of benzene rings is 3. The number of alkyl halides is 3. The molecule has 0 aliphatic carbocycles. The molecule has 0 bridgehead atoms. The number of fused-ring (bicyclic) bond motifs is 2. The highest BCUT2D eigenvalue weighted by Gasteiger charge is 2.27. The Morgan fingerprint density at radius 2 is 1.79 bits per heavy atom. The smallest absolute Gasteiger partial charge is 0.405 e. The Hall–Kier alpha value is -4.32. The predicted molar refractivity (Wildman–Crippen MR) is 139 cm³/mol. The Labute approximate surface area is 221 Å². The van der Waals surface area contributed by atoms with Gasteiger partial charge < -0.3 is 30.2 Å². The third-order valence-corrected chi connectivity index (χ3v) is 5.66. The molecule has 0 fully saturated rings. The fourth-order valence-corrected chi connectivity index (χ4v) is 3.82. The Kier molecular flexibility index (Phi) is 8.55. The quantitative estimate of drug-likeness (QED) is 0.167. The van der Waals surface area contributed by atoms with Gasteiger partial charge >= 0.3 is 12.2 Å². The summed E-state index contributed by atoms with van der Waals surface area (Å²) in [5.74, 6) is 0.645. The molecule has 4 rings (SSSR count). The van der Waals surface area contributed by atoms with Crippen molar-refractivity contribution in [3.8, 4) is 23.0 Å². The van der Waals surface area contributed by atoms with E-state index >= 15 is 4.39 Å². The van der Waals surface area contributed by atoms with Crippen LogP contribution in [0.25, 0.3) is 21.7 Å². The first-order valence-corrected chi connectivity index (χ1v) is 11.9. The molecule has 1 heterocycles. The van der Waals surface area contributed by atoms with Gasteiger partial charge in [-0.1, -0.05) is 6.07 Å². The molecule has 0 atom stereocenters. The van der Waals surface area contributed by atoms with E-state index in [1.807, 2.05) is 7.05 Å². The van der Waals surface area contributed by atoms with Crippen LogP contribution in [-0.2, 0) is 0 Å². The molecule has 12 heteroatoms. The third-order valence-electron chi connectivity index (χ3n) is 5.66. The van der Waals surface area contributed by atoms with Crippen molar-refractivity contribution in [2.75, 3.05) is 39.2 Å². The number of carbonyl (C=O) groups is 1. The molecule has 0 spiro atoms. The Bertz CT molecular complexity index is 1480. The molecule has 39 heavy (non-hydrogen) atoms. The first-order valence-electron chi connectivity index (χ1n) is 11.9. The molecule has 1 aromatic heterocycles. The number of nitrogens with one attached hydrogen (secondary N) is 3. The average Bonchev–Trinajstić information content (AvgIpc) is 2.91. The first kappa shape index (κ1) is 27.7. The molecule has 4 aromatic rings. The Morgan fingerprint density at radius 3 is 2.54 bits per heavy atom. The van der Waals surface area contributed by atoms with Crippen LogP contribution in [0.3, 0.4) is 0 Å². The maximum atomic E-state index is 15.4. The normalized spacial score (nSPS) is 11.4. The van der Waals surface area contributed by atoms with Crippen molar-refractivity contribution < 1.29 is 36.6 Å². The summed E-state index contributed by atoms with van der Waals surface area (Å²) >= 11 is 0. The molecular weight excluding hydrogens is 520 g/mol. The van der Waals surface area contributed by atoms with E-state index in [0.717, 1.165) is 13.0 Å². The minimum Gasteiger partial charge on any atom is -0.493 e. The van der Waals surface area contributed by atoms with Crippen LogP contribution in [0, 0.1) is 5.82 Å². The van der Waals surface area contributed by atoms with Crippen molar-refractivity contribution in [1.29, 1.82) is 0 Å². The van der Waals surface area contributed by atoms with Crippen molar-refractivity contribution in [3.05, 3.63) is 60.5 Å². The number of amides is 2. The lowest BCUT2D eigenvalue weighted by molar-refractivity contribution is -0.122. The third kappa shape index (κ3) is 6.96. The molecule has 3 N–H and O–H groups in total. The number of aromatic nitrogens is 1. The highest BCUT2D eigenvalue weighted by atomic mass is 19.4. The summed E-state index contributed by atoms with van der Waals surface area (Å²) in [4.78, 5) is 16.1. The van der Waals surface area contributed by atoms with Crippen LogP contribution in [0.2, 0.25) is 0 Å². The van der Waals surface area contributed by atoms with Crippen LogP contribution in [0.1, 0.15) is 6.42 Å². The SMILES string of the molecule is CNCCCOc1cc2nccc(Oc3ccc4cc(NC(=O)NCC(F)(F)F)ccc4c3F)c2cc1OC. The first-order chi connectivity index (χ1) is 18.7. The summed E-state index contributed by atoms with van der Waals surface area (Å²) in [5.41, 5.74) is 0.768. The second kappa shape index (κ2) is 12.0. The van der Waals surface area contributed by atoms with E-state index in [1.165, 1.54) is 37.6 Å². The second-order valence-electron chi connectivity index (χ2n) is 8.47. The van der Waals surface area contributed by atoms with Gasteiger partial charge in [-0.05, 0) is 61.8 Å². The maximum Gasteiger partial charge on any atom is 0.405 e.